The molecule has 248 valence electrons. The van der Waals surface area contributed by atoms with Gasteiger partial charge in [-0.15, -0.1) is 0 Å². The number of amides is 1. The van der Waals surface area contributed by atoms with Gasteiger partial charge in [0.1, 0.15) is 11.9 Å². The number of aliphatic hydroxyl groups excluding tert-OH is 1. The molecule has 3 saturated carbocycles. The molecular formula is C39H62FNO3. The molecule has 3 fully saturated rings. The first-order chi connectivity index (χ1) is 21.3. The van der Waals surface area contributed by atoms with E-state index in [1.54, 1.807) is 6.07 Å². The van der Waals surface area contributed by atoms with Crippen molar-refractivity contribution < 1.29 is 19.4 Å². The number of phenols is 1. The number of benzene rings is 1. The van der Waals surface area contributed by atoms with Crippen molar-refractivity contribution in [1.29, 1.82) is 0 Å². The highest BCUT2D eigenvalue weighted by Crippen LogP contribution is 2.63. The summed E-state index contributed by atoms with van der Waals surface area (Å²) in [6, 6.07) is 5.57. The van der Waals surface area contributed by atoms with Crippen molar-refractivity contribution >= 4 is 5.91 Å². The molecular weight excluding hydrogens is 549 g/mol. The van der Waals surface area contributed by atoms with Gasteiger partial charge in [0, 0.05) is 25.4 Å². The second-order valence-electron chi connectivity index (χ2n) is 15.6. The van der Waals surface area contributed by atoms with Crippen LogP contribution in [0.1, 0.15) is 153 Å². The van der Waals surface area contributed by atoms with Crippen LogP contribution in [0.4, 0.5) is 4.39 Å². The van der Waals surface area contributed by atoms with Crippen LogP contribution in [-0.2, 0) is 11.2 Å². The van der Waals surface area contributed by atoms with Crippen molar-refractivity contribution in [3.8, 4) is 5.75 Å². The number of nitrogens with zero attached hydrogens (tertiary/aromatic N) is 1. The lowest BCUT2D eigenvalue weighted by molar-refractivity contribution is -0.131. The largest absolute Gasteiger partial charge is 0.508 e. The fourth-order valence-electron chi connectivity index (χ4n) is 10.1. The van der Waals surface area contributed by atoms with Crippen LogP contribution in [0, 0.1) is 29.1 Å². The third kappa shape index (κ3) is 7.84. The number of phenolic OH excluding ortho intramolecular Hbond substituents is 1. The van der Waals surface area contributed by atoms with Gasteiger partial charge >= 0.3 is 0 Å². The van der Waals surface area contributed by atoms with Gasteiger partial charge < -0.3 is 15.1 Å². The first-order valence-electron chi connectivity index (χ1n) is 18.7. The van der Waals surface area contributed by atoms with Crippen molar-refractivity contribution in [2.24, 2.45) is 29.1 Å². The Morgan fingerprint density at radius 3 is 2.45 bits per heavy atom. The molecule has 4 nitrogen and oxygen atoms in total. The molecule has 1 aromatic carbocycles. The molecule has 0 aromatic heterocycles. The van der Waals surface area contributed by atoms with Gasteiger partial charge in [-0.25, -0.2) is 4.39 Å². The minimum absolute atomic E-state index is 0.140. The first kappa shape index (κ1) is 33.7. The third-order valence-electron chi connectivity index (χ3n) is 12.7. The molecule has 1 amide bonds. The van der Waals surface area contributed by atoms with Gasteiger partial charge in [-0.1, -0.05) is 90.5 Å². The van der Waals surface area contributed by atoms with Crippen LogP contribution in [0.3, 0.4) is 0 Å². The summed E-state index contributed by atoms with van der Waals surface area (Å²) in [5.41, 5.74) is 1.86. The average molecular weight is 612 g/mol. The Labute approximate surface area is 267 Å². The van der Waals surface area contributed by atoms with E-state index in [-0.39, 0.29) is 23.0 Å². The van der Waals surface area contributed by atoms with E-state index >= 15 is 4.39 Å². The smallest absolute Gasteiger partial charge is 0.222 e. The van der Waals surface area contributed by atoms with Crippen molar-refractivity contribution in [2.45, 2.75) is 160 Å². The fourth-order valence-corrected chi connectivity index (χ4v) is 10.1. The molecule has 44 heavy (non-hydrogen) atoms. The van der Waals surface area contributed by atoms with Crippen LogP contribution in [0.25, 0.3) is 0 Å². The SMILES string of the molecule is CCCCCCCCN(CCCC[C@@H]1Cc2cc(O)ccc2C2C1C1CC[C@H](O)[C@@]1(C)C[C@@H]2F)C(=O)CCC1CCCCC1. The molecule has 0 heterocycles. The second kappa shape index (κ2) is 15.8. The number of hydrogen-bond donors (Lipinski definition) is 2. The van der Waals surface area contributed by atoms with E-state index in [0.717, 1.165) is 81.5 Å². The maximum absolute atomic E-state index is 16.1. The van der Waals surface area contributed by atoms with Gasteiger partial charge in [0.15, 0.2) is 0 Å². The summed E-state index contributed by atoms with van der Waals surface area (Å²) >= 11 is 0. The quantitative estimate of drug-likeness (QED) is 0.194. The van der Waals surface area contributed by atoms with E-state index in [4.69, 9.17) is 0 Å². The Balaban J connectivity index is 1.21. The zero-order valence-corrected chi connectivity index (χ0v) is 28.0. The van der Waals surface area contributed by atoms with E-state index in [1.165, 1.54) is 64.2 Å². The van der Waals surface area contributed by atoms with Crippen LogP contribution in [-0.4, -0.2) is 46.4 Å². The lowest BCUT2D eigenvalue weighted by Gasteiger charge is -2.54. The maximum atomic E-state index is 16.1. The Morgan fingerprint density at radius 2 is 1.68 bits per heavy atom. The second-order valence-corrected chi connectivity index (χ2v) is 15.6. The van der Waals surface area contributed by atoms with Crippen LogP contribution in [0.15, 0.2) is 18.2 Å². The number of aromatic hydroxyl groups is 1. The first-order valence-corrected chi connectivity index (χ1v) is 18.7. The summed E-state index contributed by atoms with van der Waals surface area (Å²) in [6.45, 7) is 6.11. The summed E-state index contributed by atoms with van der Waals surface area (Å²) in [7, 11) is 0. The number of carbonyl (C=O) groups is 1. The monoisotopic (exact) mass is 611 g/mol. The lowest BCUT2D eigenvalue weighted by Crippen LogP contribution is -2.51. The van der Waals surface area contributed by atoms with Crippen molar-refractivity contribution in [3.05, 3.63) is 29.3 Å². The summed E-state index contributed by atoms with van der Waals surface area (Å²) in [5.74, 6) is 2.13. The molecule has 0 radical (unpaired) electrons. The van der Waals surface area contributed by atoms with Gasteiger partial charge in [-0.3, -0.25) is 4.79 Å². The Kier molecular flexibility index (Phi) is 12.1. The predicted molar refractivity (Wildman–Crippen MR) is 177 cm³/mol. The van der Waals surface area contributed by atoms with Crippen molar-refractivity contribution in [2.75, 3.05) is 13.1 Å². The highest BCUT2D eigenvalue weighted by molar-refractivity contribution is 5.76. The number of halogens is 1. The van der Waals surface area contributed by atoms with Crippen molar-refractivity contribution in [1.82, 2.24) is 4.90 Å². The molecule has 5 rings (SSSR count). The maximum Gasteiger partial charge on any atom is 0.222 e. The zero-order valence-electron chi connectivity index (χ0n) is 28.0. The van der Waals surface area contributed by atoms with Crippen LogP contribution in [0.5, 0.6) is 5.75 Å². The van der Waals surface area contributed by atoms with E-state index < -0.39 is 12.3 Å². The highest BCUT2D eigenvalue weighted by atomic mass is 19.1. The Hall–Kier alpha value is -1.62. The topological polar surface area (TPSA) is 60.8 Å². The number of rotatable bonds is 15. The zero-order chi connectivity index (χ0) is 31.1. The van der Waals surface area contributed by atoms with E-state index in [1.807, 2.05) is 12.1 Å². The molecule has 1 aromatic rings. The van der Waals surface area contributed by atoms with Crippen LogP contribution >= 0.6 is 0 Å². The average Bonchev–Trinajstić information content (AvgIpc) is 3.31. The summed E-state index contributed by atoms with van der Waals surface area (Å²) in [6.07, 6.45) is 20.6. The Morgan fingerprint density at radius 1 is 0.955 bits per heavy atom. The van der Waals surface area contributed by atoms with Crippen LogP contribution < -0.4 is 0 Å². The summed E-state index contributed by atoms with van der Waals surface area (Å²) in [4.78, 5) is 15.7. The van der Waals surface area contributed by atoms with Gasteiger partial charge in [-0.05, 0) is 104 Å². The summed E-state index contributed by atoms with van der Waals surface area (Å²) in [5, 5.41) is 21.2. The van der Waals surface area contributed by atoms with E-state index in [2.05, 4.69) is 18.7 Å². The third-order valence-corrected chi connectivity index (χ3v) is 12.7. The number of unbranched alkanes of at least 4 members (excludes halogenated alkanes) is 6. The molecule has 0 bridgehead atoms. The van der Waals surface area contributed by atoms with Gasteiger partial charge in [0.25, 0.3) is 0 Å². The lowest BCUT2D eigenvalue weighted by atomic mass is 9.51. The number of alkyl halides is 1. The molecule has 3 unspecified atom stereocenters. The minimum atomic E-state index is -0.963. The molecule has 4 aliphatic rings. The molecule has 0 saturated heterocycles. The number of aliphatic hydroxyl groups is 1. The minimum Gasteiger partial charge on any atom is -0.508 e. The predicted octanol–water partition coefficient (Wildman–Crippen LogP) is 9.50. The number of fused-ring (bicyclic) bond motifs is 5. The molecule has 4 aliphatic carbocycles. The summed E-state index contributed by atoms with van der Waals surface area (Å²) < 4.78 is 16.1. The van der Waals surface area contributed by atoms with Gasteiger partial charge in [0.2, 0.25) is 5.91 Å². The van der Waals surface area contributed by atoms with Gasteiger partial charge in [-0.2, -0.15) is 0 Å². The van der Waals surface area contributed by atoms with E-state index in [9.17, 15) is 15.0 Å². The standard InChI is InChI=1S/C39H62FNO3/c1-3-4-5-6-7-12-23-41(36(44)22-17-28-14-9-8-10-15-28)24-13-11-16-29-25-30-26-31(42)18-19-32(30)38-34(40)27-39(2)33(37(29)38)20-21-35(39)43/h18-19,26,28-29,33-35,37-38,42-43H,3-17,20-25,27H2,1-2H3/t29-,33?,34+,35+,37?,38?,39+/m1/s1. The van der Waals surface area contributed by atoms with Crippen LogP contribution in [0.2, 0.25) is 0 Å². The Bertz CT molecular complexity index is 1060. The molecule has 7 atom stereocenters. The van der Waals surface area contributed by atoms with E-state index in [0.29, 0.717) is 30.6 Å². The molecule has 5 heteroatoms. The molecule has 0 aliphatic heterocycles. The normalized spacial score (nSPS) is 31.7. The number of hydrogen-bond acceptors (Lipinski definition) is 3. The van der Waals surface area contributed by atoms with Crippen molar-refractivity contribution in [3.63, 3.8) is 0 Å². The van der Waals surface area contributed by atoms with Gasteiger partial charge in [0.05, 0.1) is 6.10 Å². The number of carbonyl (C=O) groups excluding carboxylic acids is 1. The molecule has 2 N–H and O–H groups in total. The highest BCUT2D eigenvalue weighted by Gasteiger charge is 2.59. The molecule has 0 spiro atoms. The fraction of sp³-hybridized carbons (Fsp3) is 0.821.